The summed E-state index contributed by atoms with van der Waals surface area (Å²) < 4.78 is 5.09. The number of carboxylic acids is 1. The highest BCUT2D eigenvalue weighted by atomic mass is 16.6. The highest BCUT2D eigenvalue weighted by molar-refractivity contribution is 5.91. The van der Waals surface area contributed by atoms with Crippen LogP contribution in [-0.4, -0.2) is 34.4 Å². The van der Waals surface area contributed by atoms with Crippen LogP contribution in [0.2, 0.25) is 0 Å². The van der Waals surface area contributed by atoms with E-state index in [-0.39, 0.29) is 11.3 Å². The monoisotopic (exact) mass is 307 g/mol. The molecule has 0 heterocycles. The van der Waals surface area contributed by atoms with Gasteiger partial charge < -0.3 is 20.3 Å². The average molecular weight is 307 g/mol. The molecule has 0 aliphatic heterocycles. The van der Waals surface area contributed by atoms with E-state index in [4.69, 9.17) is 9.84 Å². The van der Waals surface area contributed by atoms with Crippen LogP contribution in [0, 0.1) is 0 Å². The number of nitrogens with one attached hydrogen (secondary N) is 1. The molecule has 0 radical (unpaired) electrons. The second-order valence-electron chi connectivity index (χ2n) is 5.70. The first-order chi connectivity index (χ1) is 10.2. The van der Waals surface area contributed by atoms with E-state index in [1.165, 1.54) is 12.1 Å². The lowest BCUT2D eigenvalue weighted by Crippen LogP contribution is -2.32. The summed E-state index contributed by atoms with van der Waals surface area (Å²) in [5, 5.41) is 20.9. The minimum absolute atomic E-state index is 0.144. The Morgan fingerprint density at radius 2 is 2.00 bits per heavy atom. The molecule has 0 aliphatic rings. The number of aromatic carboxylic acids is 1. The van der Waals surface area contributed by atoms with Crippen molar-refractivity contribution in [2.24, 2.45) is 0 Å². The molecule has 120 valence electrons. The van der Waals surface area contributed by atoms with E-state index >= 15 is 0 Å². The molecular formula is C16H21NO5. The van der Waals surface area contributed by atoms with Crippen molar-refractivity contribution in [2.75, 3.05) is 6.54 Å². The molecule has 1 rings (SSSR count). The number of ether oxygens (including phenoxy) is 1. The summed E-state index contributed by atoms with van der Waals surface area (Å²) >= 11 is 0. The molecule has 0 spiro atoms. The van der Waals surface area contributed by atoms with Crippen LogP contribution in [0.5, 0.6) is 5.75 Å². The number of rotatable bonds is 5. The van der Waals surface area contributed by atoms with Gasteiger partial charge in [-0.05, 0) is 44.9 Å². The van der Waals surface area contributed by atoms with Crippen LogP contribution in [0.3, 0.4) is 0 Å². The summed E-state index contributed by atoms with van der Waals surface area (Å²) in [6.45, 7) is 5.78. The first kappa shape index (κ1) is 17.6. The third-order valence-electron chi connectivity index (χ3n) is 2.54. The minimum atomic E-state index is -1.18. The lowest BCUT2D eigenvalue weighted by atomic mass is 10.1. The third-order valence-corrected chi connectivity index (χ3v) is 2.54. The minimum Gasteiger partial charge on any atom is -0.507 e. The first-order valence-electron chi connectivity index (χ1n) is 6.89. The molecule has 0 bridgehead atoms. The second-order valence-corrected chi connectivity index (χ2v) is 5.70. The number of benzene rings is 1. The van der Waals surface area contributed by atoms with Gasteiger partial charge in [-0.25, -0.2) is 9.59 Å². The summed E-state index contributed by atoms with van der Waals surface area (Å²) in [5.74, 6) is -1.45. The topological polar surface area (TPSA) is 95.9 Å². The maximum Gasteiger partial charge on any atom is 0.407 e. The summed E-state index contributed by atoms with van der Waals surface area (Å²) in [6, 6.07) is 4.33. The molecule has 6 heteroatoms. The van der Waals surface area contributed by atoms with Crippen LogP contribution in [0.4, 0.5) is 4.79 Å². The van der Waals surface area contributed by atoms with Crippen LogP contribution < -0.4 is 5.32 Å². The van der Waals surface area contributed by atoms with E-state index in [1.807, 2.05) is 0 Å². The van der Waals surface area contributed by atoms with Gasteiger partial charge in [0.1, 0.15) is 16.9 Å². The Kier molecular flexibility index (Phi) is 5.98. The van der Waals surface area contributed by atoms with Crippen molar-refractivity contribution in [2.45, 2.75) is 32.8 Å². The maximum atomic E-state index is 11.4. The van der Waals surface area contributed by atoms with Gasteiger partial charge in [-0.15, -0.1) is 0 Å². The number of carboxylic acid groups (broad SMARTS) is 1. The van der Waals surface area contributed by atoms with Gasteiger partial charge in [0.2, 0.25) is 0 Å². The van der Waals surface area contributed by atoms with Crippen molar-refractivity contribution < 1.29 is 24.5 Å². The maximum absolute atomic E-state index is 11.4. The number of hydrogen-bond donors (Lipinski definition) is 3. The van der Waals surface area contributed by atoms with E-state index in [9.17, 15) is 14.7 Å². The van der Waals surface area contributed by atoms with Crippen molar-refractivity contribution in [3.63, 3.8) is 0 Å². The average Bonchev–Trinajstić information content (AvgIpc) is 2.37. The molecule has 0 saturated heterocycles. The van der Waals surface area contributed by atoms with Crippen LogP contribution in [-0.2, 0) is 4.74 Å². The standard InChI is InChI=1S/C16H21NO5/c1-16(2,3)22-15(21)17-9-5-4-6-11-7-8-13(18)12(10-11)14(19)20/h4,6-8,10,18H,5,9H2,1-3H3,(H,17,21)(H,19,20). The highest BCUT2D eigenvalue weighted by Crippen LogP contribution is 2.19. The molecule has 0 saturated carbocycles. The number of amides is 1. The molecule has 0 aliphatic carbocycles. The number of carbonyl (C=O) groups excluding carboxylic acids is 1. The van der Waals surface area contributed by atoms with Gasteiger partial charge in [0.15, 0.2) is 0 Å². The van der Waals surface area contributed by atoms with Gasteiger partial charge >= 0.3 is 12.1 Å². The summed E-state index contributed by atoms with van der Waals surface area (Å²) in [6.07, 6.45) is 3.62. The fourth-order valence-electron chi connectivity index (χ4n) is 1.62. The fraction of sp³-hybridized carbons (Fsp3) is 0.375. The summed E-state index contributed by atoms with van der Waals surface area (Å²) in [5.41, 5.74) is -0.0133. The first-order valence-corrected chi connectivity index (χ1v) is 6.89. The van der Waals surface area contributed by atoms with E-state index in [0.29, 0.717) is 18.5 Å². The van der Waals surface area contributed by atoms with E-state index in [1.54, 1.807) is 39.0 Å². The van der Waals surface area contributed by atoms with Crippen molar-refractivity contribution in [1.29, 1.82) is 0 Å². The third kappa shape index (κ3) is 6.30. The molecule has 0 aromatic heterocycles. The molecular weight excluding hydrogens is 286 g/mol. The van der Waals surface area contributed by atoms with Gasteiger partial charge in [-0.2, -0.15) is 0 Å². The summed E-state index contributed by atoms with van der Waals surface area (Å²) in [4.78, 5) is 22.3. The molecule has 1 aromatic carbocycles. The van der Waals surface area contributed by atoms with Gasteiger partial charge in [0, 0.05) is 6.54 Å². The molecule has 6 nitrogen and oxygen atoms in total. The molecule has 1 aromatic rings. The molecule has 22 heavy (non-hydrogen) atoms. The van der Waals surface area contributed by atoms with Crippen molar-refractivity contribution in [3.05, 3.63) is 35.4 Å². The largest absolute Gasteiger partial charge is 0.507 e. The van der Waals surface area contributed by atoms with Crippen molar-refractivity contribution in [1.82, 2.24) is 5.32 Å². The van der Waals surface area contributed by atoms with Gasteiger partial charge in [0.25, 0.3) is 0 Å². The van der Waals surface area contributed by atoms with Crippen molar-refractivity contribution >= 4 is 18.1 Å². The zero-order valence-electron chi connectivity index (χ0n) is 12.9. The lowest BCUT2D eigenvalue weighted by Gasteiger charge is -2.19. The number of aromatic hydroxyl groups is 1. The Labute approximate surface area is 129 Å². The SMILES string of the molecule is CC(C)(C)OC(=O)NCCC=Cc1ccc(O)c(C(=O)O)c1. The van der Waals surface area contributed by atoms with Gasteiger partial charge in [-0.1, -0.05) is 18.2 Å². The zero-order valence-corrected chi connectivity index (χ0v) is 12.9. The quantitative estimate of drug-likeness (QED) is 0.727. The predicted molar refractivity (Wildman–Crippen MR) is 83.0 cm³/mol. The van der Waals surface area contributed by atoms with Gasteiger partial charge in [-0.3, -0.25) is 0 Å². The van der Waals surface area contributed by atoms with Crippen LogP contribution >= 0.6 is 0 Å². The van der Waals surface area contributed by atoms with E-state index < -0.39 is 17.7 Å². The molecule has 1 amide bonds. The van der Waals surface area contributed by atoms with Crippen molar-refractivity contribution in [3.8, 4) is 5.75 Å². The number of phenols is 1. The van der Waals surface area contributed by atoms with E-state index in [2.05, 4.69) is 5.32 Å². The van der Waals surface area contributed by atoms with Crippen LogP contribution in [0.15, 0.2) is 24.3 Å². The molecule has 0 fully saturated rings. The molecule has 0 atom stereocenters. The Balaban J connectivity index is 2.45. The Bertz CT molecular complexity index is 572. The zero-order chi connectivity index (χ0) is 16.8. The van der Waals surface area contributed by atoms with Crippen LogP contribution in [0.25, 0.3) is 6.08 Å². The Morgan fingerprint density at radius 3 is 2.59 bits per heavy atom. The second kappa shape index (κ2) is 7.49. The Hall–Kier alpha value is -2.50. The smallest absolute Gasteiger partial charge is 0.407 e. The lowest BCUT2D eigenvalue weighted by molar-refractivity contribution is 0.0528. The molecule has 0 unspecified atom stereocenters. The van der Waals surface area contributed by atoms with Gasteiger partial charge in [0.05, 0.1) is 0 Å². The summed E-state index contributed by atoms with van der Waals surface area (Å²) in [7, 11) is 0. The molecule has 3 N–H and O–H groups in total. The number of alkyl carbamates (subject to hydrolysis) is 1. The van der Waals surface area contributed by atoms with Crippen LogP contribution in [0.1, 0.15) is 43.1 Å². The van der Waals surface area contributed by atoms with E-state index in [0.717, 1.165) is 0 Å². The normalized spacial score (nSPS) is 11.4. The fourth-order valence-corrected chi connectivity index (χ4v) is 1.62. The predicted octanol–water partition coefficient (Wildman–Crippen LogP) is 3.02. The number of carbonyl (C=O) groups is 2. The Morgan fingerprint density at radius 1 is 1.32 bits per heavy atom. The number of hydrogen-bond acceptors (Lipinski definition) is 4. The highest BCUT2D eigenvalue weighted by Gasteiger charge is 2.15.